The molecule has 4 nitrogen and oxygen atoms in total. The Hall–Kier alpha value is -1.46. The molecule has 1 atom stereocenters. The number of hydrogen-bond donors (Lipinski definition) is 2. The molecule has 0 bridgehead atoms. The first kappa shape index (κ1) is 14.9. The fraction of sp³-hybridized carbons (Fsp3) is 0.467. The van der Waals surface area contributed by atoms with Gasteiger partial charge in [-0.2, -0.15) is 0 Å². The van der Waals surface area contributed by atoms with Crippen molar-refractivity contribution in [2.24, 2.45) is 0 Å². The summed E-state index contributed by atoms with van der Waals surface area (Å²) >= 11 is 1.70. The highest BCUT2D eigenvalue weighted by Crippen LogP contribution is 2.25. The molecule has 0 aliphatic heterocycles. The minimum Gasteiger partial charge on any atom is -0.356 e. The van der Waals surface area contributed by atoms with E-state index in [2.05, 4.69) is 28.6 Å². The summed E-state index contributed by atoms with van der Waals surface area (Å²) in [5.41, 5.74) is 1.04. The molecule has 2 aromatic rings. The minimum atomic E-state index is 0.107. The fourth-order valence-electron chi connectivity index (χ4n) is 1.92. The molecule has 0 saturated heterocycles. The van der Waals surface area contributed by atoms with Gasteiger partial charge in [-0.3, -0.25) is 4.79 Å². The van der Waals surface area contributed by atoms with E-state index in [0.29, 0.717) is 13.0 Å². The summed E-state index contributed by atoms with van der Waals surface area (Å²) < 4.78 is 1.21. The molecule has 5 heteroatoms. The van der Waals surface area contributed by atoms with Crippen LogP contribution in [-0.4, -0.2) is 24.0 Å². The van der Waals surface area contributed by atoms with Gasteiger partial charge in [0.05, 0.1) is 16.3 Å². The van der Waals surface area contributed by atoms with Gasteiger partial charge in [0.2, 0.25) is 5.91 Å². The van der Waals surface area contributed by atoms with Crippen molar-refractivity contribution in [2.45, 2.75) is 32.7 Å². The maximum atomic E-state index is 11.5. The Balaban J connectivity index is 1.82. The molecule has 0 radical (unpaired) electrons. The molecule has 0 saturated carbocycles. The first-order chi connectivity index (χ1) is 9.70. The highest BCUT2D eigenvalue weighted by molar-refractivity contribution is 7.18. The number of fused-ring (bicyclic) bond motifs is 1. The lowest BCUT2D eigenvalue weighted by Gasteiger charge is -2.10. The van der Waals surface area contributed by atoms with E-state index in [1.54, 1.807) is 11.3 Å². The second-order valence-electron chi connectivity index (χ2n) is 4.80. The summed E-state index contributed by atoms with van der Waals surface area (Å²) in [6.07, 6.45) is 1.48. The van der Waals surface area contributed by atoms with E-state index in [0.717, 1.165) is 23.5 Å². The molecule has 0 aliphatic rings. The summed E-state index contributed by atoms with van der Waals surface area (Å²) in [6.45, 7) is 5.56. The number of carbonyl (C=O) groups is 1. The van der Waals surface area contributed by atoms with Crippen molar-refractivity contribution < 1.29 is 4.79 Å². The van der Waals surface area contributed by atoms with E-state index in [1.807, 2.05) is 25.1 Å². The Labute approximate surface area is 123 Å². The van der Waals surface area contributed by atoms with Crippen molar-refractivity contribution in [1.29, 1.82) is 0 Å². The Morgan fingerprint density at radius 3 is 2.90 bits per heavy atom. The molecular weight excluding hydrogens is 270 g/mol. The number of rotatable bonds is 7. The molecule has 1 amide bonds. The van der Waals surface area contributed by atoms with Crippen molar-refractivity contribution in [3.05, 3.63) is 29.3 Å². The number of amides is 1. The van der Waals surface area contributed by atoms with Crippen LogP contribution in [0, 0.1) is 0 Å². The molecule has 1 heterocycles. The predicted molar refractivity (Wildman–Crippen MR) is 84.0 cm³/mol. The van der Waals surface area contributed by atoms with Crippen molar-refractivity contribution >= 4 is 27.5 Å². The first-order valence-corrected chi connectivity index (χ1v) is 7.88. The summed E-state index contributed by atoms with van der Waals surface area (Å²) in [6, 6.07) is 8.32. The molecule has 0 spiro atoms. The molecule has 108 valence electrons. The van der Waals surface area contributed by atoms with Gasteiger partial charge >= 0.3 is 0 Å². The second kappa shape index (κ2) is 7.36. The lowest BCUT2D eigenvalue weighted by Crippen LogP contribution is -2.29. The van der Waals surface area contributed by atoms with Gasteiger partial charge in [-0.25, -0.2) is 4.98 Å². The molecule has 0 fully saturated rings. The summed E-state index contributed by atoms with van der Waals surface area (Å²) in [4.78, 5) is 16.1. The number of para-hydroxylation sites is 1. The standard InChI is InChI=1S/C15H21N3OS/c1-3-9-17-14(19)8-10-16-11(2)15-18-12-6-4-5-7-13(12)20-15/h4-7,11,16H,3,8-10H2,1-2H3,(H,17,19). The maximum Gasteiger partial charge on any atom is 0.221 e. The number of aromatic nitrogens is 1. The van der Waals surface area contributed by atoms with Crippen LogP contribution in [0.5, 0.6) is 0 Å². The van der Waals surface area contributed by atoms with Crippen molar-refractivity contribution in [1.82, 2.24) is 15.6 Å². The van der Waals surface area contributed by atoms with Gasteiger partial charge in [-0.1, -0.05) is 19.1 Å². The van der Waals surface area contributed by atoms with Crippen molar-refractivity contribution in [3.63, 3.8) is 0 Å². The van der Waals surface area contributed by atoms with E-state index in [1.165, 1.54) is 4.70 Å². The normalized spacial score (nSPS) is 12.5. The lowest BCUT2D eigenvalue weighted by atomic mass is 10.3. The Bertz CT molecular complexity index is 534. The van der Waals surface area contributed by atoms with E-state index >= 15 is 0 Å². The van der Waals surface area contributed by atoms with E-state index in [4.69, 9.17) is 0 Å². The van der Waals surface area contributed by atoms with Gasteiger partial charge in [0.1, 0.15) is 5.01 Å². The largest absolute Gasteiger partial charge is 0.356 e. The summed E-state index contributed by atoms with van der Waals surface area (Å²) in [7, 11) is 0. The second-order valence-corrected chi connectivity index (χ2v) is 5.86. The van der Waals surface area contributed by atoms with Crippen LogP contribution in [-0.2, 0) is 4.79 Å². The van der Waals surface area contributed by atoms with Crippen LogP contribution in [0.1, 0.15) is 37.7 Å². The van der Waals surface area contributed by atoms with Crippen LogP contribution in [0.4, 0.5) is 0 Å². The number of nitrogens with one attached hydrogen (secondary N) is 2. The van der Waals surface area contributed by atoms with E-state index in [-0.39, 0.29) is 11.9 Å². The van der Waals surface area contributed by atoms with Crippen LogP contribution in [0.15, 0.2) is 24.3 Å². The quantitative estimate of drug-likeness (QED) is 0.825. The number of carbonyl (C=O) groups excluding carboxylic acids is 1. The van der Waals surface area contributed by atoms with Gasteiger partial charge in [0, 0.05) is 19.5 Å². The molecule has 1 aromatic heterocycles. The summed E-state index contributed by atoms with van der Waals surface area (Å²) in [5.74, 6) is 0.107. The minimum absolute atomic E-state index is 0.107. The molecular formula is C15H21N3OS. The molecule has 1 aromatic carbocycles. The van der Waals surface area contributed by atoms with Gasteiger partial charge in [-0.05, 0) is 25.5 Å². The Morgan fingerprint density at radius 2 is 2.15 bits per heavy atom. The number of hydrogen-bond acceptors (Lipinski definition) is 4. The molecule has 20 heavy (non-hydrogen) atoms. The van der Waals surface area contributed by atoms with Gasteiger partial charge in [-0.15, -0.1) is 11.3 Å². The van der Waals surface area contributed by atoms with Crippen LogP contribution < -0.4 is 10.6 Å². The zero-order chi connectivity index (χ0) is 14.4. The zero-order valence-electron chi connectivity index (χ0n) is 12.0. The maximum absolute atomic E-state index is 11.5. The first-order valence-electron chi connectivity index (χ1n) is 7.06. The van der Waals surface area contributed by atoms with Crippen molar-refractivity contribution in [2.75, 3.05) is 13.1 Å². The third-order valence-corrected chi connectivity index (χ3v) is 4.27. The lowest BCUT2D eigenvalue weighted by molar-refractivity contribution is -0.121. The molecule has 2 N–H and O–H groups in total. The third kappa shape index (κ3) is 4.02. The van der Waals surface area contributed by atoms with Gasteiger partial charge < -0.3 is 10.6 Å². The van der Waals surface area contributed by atoms with Crippen LogP contribution in [0.3, 0.4) is 0 Å². The predicted octanol–water partition coefficient (Wildman–Crippen LogP) is 2.86. The van der Waals surface area contributed by atoms with Crippen molar-refractivity contribution in [3.8, 4) is 0 Å². The fourth-order valence-corrected chi connectivity index (χ4v) is 2.91. The monoisotopic (exact) mass is 291 g/mol. The highest BCUT2D eigenvalue weighted by Gasteiger charge is 2.11. The zero-order valence-corrected chi connectivity index (χ0v) is 12.8. The van der Waals surface area contributed by atoms with Gasteiger partial charge in [0.25, 0.3) is 0 Å². The number of thiazole rings is 1. The van der Waals surface area contributed by atoms with E-state index < -0.39 is 0 Å². The molecule has 1 unspecified atom stereocenters. The molecule has 0 aliphatic carbocycles. The van der Waals surface area contributed by atoms with E-state index in [9.17, 15) is 4.79 Å². The van der Waals surface area contributed by atoms with Gasteiger partial charge in [0.15, 0.2) is 0 Å². The average Bonchev–Trinajstić information content (AvgIpc) is 2.89. The summed E-state index contributed by atoms with van der Waals surface area (Å²) in [5, 5.41) is 7.30. The Morgan fingerprint density at radius 1 is 1.35 bits per heavy atom. The van der Waals surface area contributed by atoms with Crippen LogP contribution >= 0.6 is 11.3 Å². The number of benzene rings is 1. The SMILES string of the molecule is CCCNC(=O)CCNC(C)c1nc2ccccc2s1. The highest BCUT2D eigenvalue weighted by atomic mass is 32.1. The van der Waals surface area contributed by atoms with Crippen LogP contribution in [0.2, 0.25) is 0 Å². The number of nitrogens with zero attached hydrogens (tertiary/aromatic N) is 1. The smallest absolute Gasteiger partial charge is 0.221 e. The van der Waals surface area contributed by atoms with Crippen LogP contribution in [0.25, 0.3) is 10.2 Å². The average molecular weight is 291 g/mol. The Kier molecular flexibility index (Phi) is 5.49. The third-order valence-electron chi connectivity index (χ3n) is 3.06. The topological polar surface area (TPSA) is 54.0 Å². The molecule has 2 rings (SSSR count).